The molecular formula is C22H20F3N3O4. The molecule has 3 aromatic rings. The van der Waals surface area contributed by atoms with E-state index in [9.17, 15) is 22.8 Å². The molecular weight excluding hydrogens is 427 g/mol. The molecule has 3 rings (SSSR count). The number of methoxy groups -OCH3 is 1. The highest BCUT2D eigenvalue weighted by Gasteiger charge is 2.41. The van der Waals surface area contributed by atoms with Crippen LogP contribution in [0, 0.1) is 0 Å². The highest BCUT2D eigenvalue weighted by molar-refractivity contribution is 5.93. The number of carbonyl (C=O) groups excluding carboxylic acids is 2. The molecule has 10 heteroatoms. The first-order chi connectivity index (χ1) is 15.2. The standard InChI is InChI=1S/C22H20F3N3O4/c1-3-32-21(30)17-13-26-28(20(17)22(23,24)25)16-10-8-15(9-11-16)27-19(29)12-14-6-4-5-7-18(14)31-2/h4-11,13H,3,12H2,1-2H3,(H,27,29). The maximum Gasteiger partial charge on any atom is 0.434 e. The second-order valence-corrected chi connectivity index (χ2v) is 6.62. The van der Waals surface area contributed by atoms with Gasteiger partial charge in [-0.3, -0.25) is 4.79 Å². The Kier molecular flexibility index (Phi) is 6.82. The fourth-order valence-electron chi connectivity index (χ4n) is 3.09. The maximum absolute atomic E-state index is 13.6. The van der Waals surface area contributed by atoms with E-state index in [2.05, 4.69) is 10.4 Å². The molecule has 1 amide bonds. The van der Waals surface area contributed by atoms with Crippen LogP contribution in [0.25, 0.3) is 5.69 Å². The summed E-state index contributed by atoms with van der Waals surface area (Å²) < 4.78 is 51.4. The first-order valence-electron chi connectivity index (χ1n) is 9.59. The molecule has 0 aliphatic heterocycles. The summed E-state index contributed by atoms with van der Waals surface area (Å²) in [6.07, 6.45) is -3.95. The van der Waals surface area contributed by atoms with Crippen molar-refractivity contribution < 1.29 is 32.2 Å². The zero-order valence-electron chi connectivity index (χ0n) is 17.3. The lowest BCUT2D eigenvalue weighted by molar-refractivity contribution is -0.143. The Labute approximate surface area is 181 Å². The molecule has 7 nitrogen and oxygen atoms in total. The monoisotopic (exact) mass is 447 g/mol. The third-order valence-electron chi connectivity index (χ3n) is 4.47. The highest BCUT2D eigenvalue weighted by Crippen LogP contribution is 2.34. The van der Waals surface area contributed by atoms with Crippen LogP contribution in [0.1, 0.15) is 28.5 Å². The lowest BCUT2D eigenvalue weighted by Gasteiger charge is -2.13. The molecule has 0 radical (unpaired) electrons. The Hall–Kier alpha value is -3.82. The van der Waals surface area contributed by atoms with E-state index in [4.69, 9.17) is 9.47 Å². The average Bonchev–Trinajstić information content (AvgIpc) is 3.21. The number of halogens is 3. The normalized spacial score (nSPS) is 11.2. The predicted molar refractivity (Wildman–Crippen MR) is 110 cm³/mol. The van der Waals surface area contributed by atoms with Crippen molar-refractivity contribution >= 4 is 17.6 Å². The highest BCUT2D eigenvalue weighted by atomic mass is 19.4. The summed E-state index contributed by atoms with van der Waals surface area (Å²) in [5.74, 6) is -0.845. The molecule has 1 aromatic heterocycles. The van der Waals surface area contributed by atoms with Crippen LogP contribution in [0.5, 0.6) is 5.75 Å². The third-order valence-corrected chi connectivity index (χ3v) is 4.47. The van der Waals surface area contributed by atoms with Crippen molar-refractivity contribution in [3.8, 4) is 11.4 Å². The van der Waals surface area contributed by atoms with Gasteiger partial charge < -0.3 is 14.8 Å². The quantitative estimate of drug-likeness (QED) is 0.548. The second-order valence-electron chi connectivity index (χ2n) is 6.62. The summed E-state index contributed by atoms with van der Waals surface area (Å²) in [6.45, 7) is 1.43. The molecule has 0 unspecified atom stereocenters. The van der Waals surface area contributed by atoms with Crippen molar-refractivity contribution in [1.82, 2.24) is 9.78 Å². The van der Waals surface area contributed by atoms with Crippen molar-refractivity contribution in [3.05, 3.63) is 71.5 Å². The van der Waals surface area contributed by atoms with Crippen LogP contribution in [-0.4, -0.2) is 35.4 Å². The van der Waals surface area contributed by atoms with E-state index in [-0.39, 0.29) is 24.6 Å². The number of nitrogens with one attached hydrogen (secondary N) is 1. The minimum atomic E-state index is -4.83. The Morgan fingerprint density at radius 3 is 2.41 bits per heavy atom. The van der Waals surface area contributed by atoms with Gasteiger partial charge in [-0.15, -0.1) is 0 Å². The Morgan fingerprint density at radius 2 is 1.78 bits per heavy atom. The molecule has 32 heavy (non-hydrogen) atoms. The lowest BCUT2D eigenvalue weighted by Crippen LogP contribution is -2.18. The number of ether oxygens (including phenoxy) is 2. The summed E-state index contributed by atoms with van der Waals surface area (Å²) in [5, 5.41) is 6.40. The zero-order valence-corrected chi connectivity index (χ0v) is 17.3. The number of aromatic nitrogens is 2. The van der Waals surface area contributed by atoms with Gasteiger partial charge in [-0.2, -0.15) is 18.3 Å². The van der Waals surface area contributed by atoms with Crippen LogP contribution in [0.2, 0.25) is 0 Å². The van der Waals surface area contributed by atoms with Crippen molar-refractivity contribution in [2.75, 3.05) is 19.0 Å². The lowest BCUT2D eigenvalue weighted by atomic mass is 10.1. The average molecular weight is 447 g/mol. The number of carbonyl (C=O) groups is 2. The van der Waals surface area contributed by atoms with Gasteiger partial charge in [0, 0.05) is 11.3 Å². The number of hydrogen-bond acceptors (Lipinski definition) is 5. The van der Waals surface area contributed by atoms with Crippen molar-refractivity contribution in [1.29, 1.82) is 0 Å². The van der Waals surface area contributed by atoms with Crippen LogP contribution in [0.4, 0.5) is 18.9 Å². The predicted octanol–water partition coefficient (Wildman–Crippen LogP) is 4.26. The second kappa shape index (κ2) is 9.54. The molecule has 1 N–H and O–H groups in total. The van der Waals surface area contributed by atoms with E-state index in [1.54, 1.807) is 24.3 Å². The van der Waals surface area contributed by atoms with Gasteiger partial charge in [-0.25, -0.2) is 9.48 Å². The Bertz CT molecular complexity index is 1110. The summed E-state index contributed by atoms with van der Waals surface area (Å²) >= 11 is 0. The molecule has 2 aromatic carbocycles. The smallest absolute Gasteiger partial charge is 0.434 e. The van der Waals surface area contributed by atoms with Crippen LogP contribution >= 0.6 is 0 Å². The summed E-state index contributed by atoms with van der Waals surface area (Å²) in [6, 6.07) is 12.7. The number of esters is 1. The number of anilines is 1. The van der Waals surface area contributed by atoms with Crippen molar-refractivity contribution in [2.45, 2.75) is 19.5 Å². The van der Waals surface area contributed by atoms with Crippen molar-refractivity contribution in [3.63, 3.8) is 0 Å². The van der Waals surface area contributed by atoms with Gasteiger partial charge in [-0.1, -0.05) is 18.2 Å². The fraction of sp³-hybridized carbons (Fsp3) is 0.227. The van der Waals surface area contributed by atoms with E-state index >= 15 is 0 Å². The summed E-state index contributed by atoms with van der Waals surface area (Å²) in [4.78, 5) is 24.2. The molecule has 1 heterocycles. The van der Waals surface area contributed by atoms with Crippen molar-refractivity contribution in [2.24, 2.45) is 0 Å². The molecule has 0 atom stereocenters. The van der Waals surface area contributed by atoms with E-state index in [1.807, 2.05) is 0 Å². The molecule has 0 saturated heterocycles. The first-order valence-corrected chi connectivity index (χ1v) is 9.59. The van der Waals surface area contributed by atoms with Crippen LogP contribution in [0.3, 0.4) is 0 Å². The first kappa shape index (κ1) is 22.9. The molecule has 0 bridgehead atoms. The van der Waals surface area contributed by atoms with Crippen LogP contribution in [0.15, 0.2) is 54.7 Å². The fourth-order valence-corrected chi connectivity index (χ4v) is 3.09. The molecule has 0 aliphatic carbocycles. The van der Waals surface area contributed by atoms with Gasteiger partial charge in [0.2, 0.25) is 5.91 Å². The minimum absolute atomic E-state index is 0.0616. The Balaban J connectivity index is 1.80. The minimum Gasteiger partial charge on any atom is -0.496 e. The van der Waals surface area contributed by atoms with E-state index in [0.29, 0.717) is 21.7 Å². The molecule has 0 aliphatic rings. The van der Waals surface area contributed by atoms with E-state index in [0.717, 1.165) is 6.20 Å². The summed E-state index contributed by atoms with van der Waals surface area (Å²) in [5.41, 5.74) is -0.755. The third kappa shape index (κ3) is 5.08. The van der Waals surface area contributed by atoms with E-state index < -0.39 is 23.4 Å². The van der Waals surface area contributed by atoms with Gasteiger partial charge in [0.15, 0.2) is 5.69 Å². The zero-order chi connectivity index (χ0) is 23.3. The SMILES string of the molecule is CCOC(=O)c1cnn(-c2ccc(NC(=O)Cc3ccccc3OC)cc2)c1C(F)(F)F. The largest absolute Gasteiger partial charge is 0.496 e. The number of amides is 1. The molecule has 0 spiro atoms. The Morgan fingerprint density at radius 1 is 1.09 bits per heavy atom. The number of rotatable bonds is 7. The van der Waals surface area contributed by atoms with Gasteiger partial charge >= 0.3 is 12.1 Å². The van der Waals surface area contributed by atoms with Gasteiger partial charge in [0.05, 0.1) is 32.0 Å². The maximum atomic E-state index is 13.6. The van der Waals surface area contributed by atoms with Crippen LogP contribution in [-0.2, 0) is 22.1 Å². The summed E-state index contributed by atoms with van der Waals surface area (Å²) in [7, 11) is 1.51. The van der Waals surface area contributed by atoms with Gasteiger partial charge in [-0.05, 0) is 37.3 Å². The number of para-hydroxylation sites is 1. The number of nitrogens with zero attached hydrogens (tertiary/aromatic N) is 2. The van der Waals surface area contributed by atoms with E-state index in [1.165, 1.54) is 38.3 Å². The number of benzene rings is 2. The molecule has 0 saturated carbocycles. The molecule has 0 fully saturated rings. The number of alkyl halides is 3. The van der Waals surface area contributed by atoms with Crippen LogP contribution < -0.4 is 10.1 Å². The van der Waals surface area contributed by atoms with Gasteiger partial charge in [0.1, 0.15) is 11.3 Å². The number of hydrogen-bond donors (Lipinski definition) is 1. The molecule has 168 valence electrons. The topological polar surface area (TPSA) is 82.5 Å². The van der Waals surface area contributed by atoms with Gasteiger partial charge in [0.25, 0.3) is 0 Å².